The molecule has 2 rings (SSSR count). The SMILES string of the molecule is COc1ccc(S(=O)(=O)N2CCSC(C)C2)c(CCCl)c1. The van der Waals surface area contributed by atoms with Gasteiger partial charge >= 0.3 is 0 Å². The van der Waals surface area contributed by atoms with Crippen LogP contribution < -0.4 is 4.74 Å². The summed E-state index contributed by atoms with van der Waals surface area (Å²) in [4.78, 5) is 0.350. The molecule has 21 heavy (non-hydrogen) atoms. The Hall–Kier alpha value is -0.430. The fraction of sp³-hybridized carbons (Fsp3) is 0.571. The number of alkyl halides is 1. The zero-order valence-corrected chi connectivity index (χ0v) is 14.6. The minimum atomic E-state index is -3.47. The van der Waals surface area contributed by atoms with Crippen molar-refractivity contribution in [3.05, 3.63) is 23.8 Å². The maximum absolute atomic E-state index is 12.9. The number of halogens is 1. The zero-order valence-electron chi connectivity index (χ0n) is 12.2. The number of aryl methyl sites for hydroxylation is 1. The van der Waals surface area contributed by atoms with Crippen LogP contribution in [0.15, 0.2) is 23.1 Å². The highest BCUT2D eigenvalue weighted by Gasteiger charge is 2.30. The largest absolute Gasteiger partial charge is 0.497 e. The average Bonchev–Trinajstić information content (AvgIpc) is 2.47. The van der Waals surface area contributed by atoms with Gasteiger partial charge in [-0.1, -0.05) is 6.92 Å². The second kappa shape index (κ2) is 7.22. The highest BCUT2D eigenvalue weighted by molar-refractivity contribution is 8.00. The molecule has 0 spiro atoms. The molecule has 1 aliphatic heterocycles. The summed E-state index contributed by atoms with van der Waals surface area (Å²) < 4.78 is 32.5. The lowest BCUT2D eigenvalue weighted by Gasteiger charge is -2.30. The molecule has 1 aromatic rings. The van der Waals surface area contributed by atoms with Gasteiger partial charge in [-0.3, -0.25) is 0 Å². The normalized spacial score (nSPS) is 20.4. The summed E-state index contributed by atoms with van der Waals surface area (Å²) in [7, 11) is -1.90. The minimum absolute atomic E-state index is 0.322. The van der Waals surface area contributed by atoms with Crippen LogP contribution in [-0.4, -0.2) is 49.8 Å². The molecule has 0 aromatic heterocycles. The standard InChI is InChI=1S/C14H20ClNO3S2/c1-11-10-16(7-8-20-11)21(17,18)14-4-3-13(19-2)9-12(14)5-6-15/h3-4,9,11H,5-8,10H2,1-2H3. The Bertz CT molecular complexity index is 592. The van der Waals surface area contributed by atoms with Gasteiger partial charge in [0.25, 0.3) is 0 Å². The second-order valence-corrected chi connectivity index (χ2v) is 8.79. The molecule has 0 saturated carbocycles. The maximum Gasteiger partial charge on any atom is 0.243 e. The van der Waals surface area contributed by atoms with Crippen LogP contribution in [0.25, 0.3) is 0 Å². The number of ether oxygens (including phenoxy) is 1. The van der Waals surface area contributed by atoms with Gasteiger partial charge in [0, 0.05) is 30.0 Å². The van der Waals surface area contributed by atoms with E-state index in [1.54, 1.807) is 41.4 Å². The molecule has 1 unspecified atom stereocenters. The smallest absolute Gasteiger partial charge is 0.243 e. The average molecular weight is 350 g/mol. The lowest BCUT2D eigenvalue weighted by Crippen LogP contribution is -2.41. The number of sulfonamides is 1. The Kier molecular flexibility index (Phi) is 5.82. The van der Waals surface area contributed by atoms with Gasteiger partial charge in [0.2, 0.25) is 10.0 Å². The van der Waals surface area contributed by atoms with E-state index in [9.17, 15) is 8.42 Å². The summed E-state index contributed by atoms with van der Waals surface area (Å²) in [5, 5.41) is 0.322. The number of benzene rings is 1. The molecule has 1 heterocycles. The van der Waals surface area contributed by atoms with Crippen molar-refractivity contribution in [2.45, 2.75) is 23.5 Å². The van der Waals surface area contributed by atoms with Crippen molar-refractivity contribution in [3.8, 4) is 5.75 Å². The van der Waals surface area contributed by atoms with Gasteiger partial charge in [0.05, 0.1) is 12.0 Å². The Balaban J connectivity index is 2.38. The molecule has 1 atom stereocenters. The van der Waals surface area contributed by atoms with E-state index in [0.29, 0.717) is 41.3 Å². The summed E-state index contributed by atoms with van der Waals surface area (Å²) >= 11 is 7.62. The quantitative estimate of drug-likeness (QED) is 0.767. The second-order valence-electron chi connectivity index (χ2n) is 4.96. The monoisotopic (exact) mass is 349 g/mol. The predicted octanol–water partition coefficient (Wildman–Crippen LogP) is 2.60. The molecule has 0 radical (unpaired) electrons. The predicted molar refractivity (Wildman–Crippen MR) is 88.1 cm³/mol. The number of nitrogens with zero attached hydrogens (tertiary/aromatic N) is 1. The third kappa shape index (κ3) is 3.86. The van der Waals surface area contributed by atoms with Crippen LogP contribution in [0.1, 0.15) is 12.5 Å². The van der Waals surface area contributed by atoms with Crippen molar-refractivity contribution >= 4 is 33.4 Å². The van der Waals surface area contributed by atoms with Crippen molar-refractivity contribution < 1.29 is 13.2 Å². The van der Waals surface area contributed by atoms with Crippen molar-refractivity contribution in [1.82, 2.24) is 4.31 Å². The lowest BCUT2D eigenvalue weighted by molar-refractivity contribution is 0.412. The van der Waals surface area contributed by atoms with Gasteiger partial charge in [-0.25, -0.2) is 8.42 Å². The first kappa shape index (κ1) is 16.9. The summed E-state index contributed by atoms with van der Waals surface area (Å²) in [6, 6.07) is 5.08. The van der Waals surface area contributed by atoms with E-state index in [4.69, 9.17) is 16.3 Å². The van der Waals surface area contributed by atoms with E-state index in [-0.39, 0.29) is 0 Å². The van der Waals surface area contributed by atoms with Gasteiger partial charge in [-0.05, 0) is 30.2 Å². The summed E-state index contributed by atoms with van der Waals surface area (Å²) in [5.74, 6) is 1.86. The molecular formula is C14H20ClNO3S2. The number of rotatable bonds is 5. The van der Waals surface area contributed by atoms with Gasteiger partial charge in [-0.2, -0.15) is 16.1 Å². The van der Waals surface area contributed by atoms with E-state index in [1.807, 2.05) is 0 Å². The topological polar surface area (TPSA) is 46.6 Å². The number of thioether (sulfide) groups is 1. The lowest BCUT2D eigenvalue weighted by atomic mass is 10.1. The molecule has 7 heteroatoms. The van der Waals surface area contributed by atoms with Gasteiger partial charge in [0.1, 0.15) is 5.75 Å². The molecule has 1 aromatic carbocycles. The molecule has 118 valence electrons. The number of hydrogen-bond acceptors (Lipinski definition) is 4. The van der Waals surface area contributed by atoms with Crippen LogP contribution in [0.4, 0.5) is 0 Å². The third-order valence-corrected chi connectivity index (χ3v) is 6.74. The Morgan fingerprint density at radius 1 is 1.48 bits per heavy atom. The van der Waals surface area contributed by atoms with Gasteiger partial charge < -0.3 is 4.74 Å². The van der Waals surface area contributed by atoms with E-state index in [2.05, 4.69) is 6.92 Å². The summed E-state index contributed by atoms with van der Waals surface area (Å²) in [6.07, 6.45) is 0.505. The molecule has 0 aliphatic carbocycles. The van der Waals surface area contributed by atoms with Gasteiger partial charge in [0.15, 0.2) is 0 Å². The van der Waals surface area contributed by atoms with Crippen LogP contribution >= 0.6 is 23.4 Å². The van der Waals surface area contributed by atoms with E-state index < -0.39 is 10.0 Å². The molecule has 1 aliphatic rings. The van der Waals surface area contributed by atoms with E-state index in [1.165, 1.54) is 0 Å². The van der Waals surface area contributed by atoms with Crippen LogP contribution in [0, 0.1) is 0 Å². The van der Waals surface area contributed by atoms with Crippen molar-refractivity contribution in [1.29, 1.82) is 0 Å². The summed E-state index contributed by atoms with van der Waals surface area (Å²) in [5.41, 5.74) is 0.718. The summed E-state index contributed by atoms with van der Waals surface area (Å²) in [6.45, 7) is 3.17. The minimum Gasteiger partial charge on any atom is -0.497 e. The van der Waals surface area contributed by atoms with E-state index in [0.717, 1.165) is 11.3 Å². The highest BCUT2D eigenvalue weighted by atomic mass is 35.5. The molecular weight excluding hydrogens is 330 g/mol. The fourth-order valence-electron chi connectivity index (χ4n) is 2.38. The van der Waals surface area contributed by atoms with Crippen LogP contribution in [-0.2, 0) is 16.4 Å². The molecule has 0 amide bonds. The maximum atomic E-state index is 12.9. The highest BCUT2D eigenvalue weighted by Crippen LogP contribution is 2.28. The first-order chi connectivity index (χ1) is 9.98. The van der Waals surface area contributed by atoms with Crippen LogP contribution in [0.5, 0.6) is 5.75 Å². The van der Waals surface area contributed by atoms with Crippen LogP contribution in [0.2, 0.25) is 0 Å². The fourth-order valence-corrected chi connectivity index (χ4v) is 5.56. The van der Waals surface area contributed by atoms with Crippen molar-refractivity contribution in [2.24, 2.45) is 0 Å². The van der Waals surface area contributed by atoms with E-state index >= 15 is 0 Å². The molecule has 0 bridgehead atoms. The number of methoxy groups -OCH3 is 1. The molecule has 4 nitrogen and oxygen atoms in total. The van der Waals surface area contributed by atoms with Gasteiger partial charge in [-0.15, -0.1) is 11.6 Å². The van der Waals surface area contributed by atoms with Crippen LogP contribution in [0.3, 0.4) is 0 Å². The Labute approximate surface area is 135 Å². The Morgan fingerprint density at radius 3 is 2.86 bits per heavy atom. The Morgan fingerprint density at radius 2 is 2.24 bits per heavy atom. The number of hydrogen-bond donors (Lipinski definition) is 0. The molecule has 1 fully saturated rings. The molecule has 0 N–H and O–H groups in total. The zero-order chi connectivity index (χ0) is 15.5. The first-order valence-electron chi connectivity index (χ1n) is 6.83. The third-order valence-electron chi connectivity index (χ3n) is 3.45. The molecule has 1 saturated heterocycles. The first-order valence-corrected chi connectivity index (χ1v) is 9.86. The van der Waals surface area contributed by atoms with Crippen molar-refractivity contribution in [3.63, 3.8) is 0 Å². The van der Waals surface area contributed by atoms with Crippen molar-refractivity contribution in [2.75, 3.05) is 31.8 Å².